The normalized spacial score (nSPS) is 12.1. The van der Waals surface area contributed by atoms with Gasteiger partial charge in [0, 0.05) is 30.6 Å². The lowest BCUT2D eigenvalue weighted by molar-refractivity contribution is -0.117. The number of hydrogen-bond acceptors (Lipinski definition) is 4. The van der Waals surface area contributed by atoms with Gasteiger partial charge in [-0.2, -0.15) is 11.3 Å². The second-order valence-corrected chi connectivity index (χ2v) is 8.88. The van der Waals surface area contributed by atoms with E-state index in [4.69, 9.17) is 0 Å². The number of thiophene rings is 1. The molecule has 0 aliphatic rings. The van der Waals surface area contributed by atoms with E-state index in [-0.39, 0.29) is 17.3 Å². The third-order valence-corrected chi connectivity index (χ3v) is 6.58. The molecule has 0 fully saturated rings. The van der Waals surface area contributed by atoms with Crippen molar-refractivity contribution in [3.8, 4) is 22.4 Å². The summed E-state index contributed by atoms with van der Waals surface area (Å²) in [6.07, 6.45) is 3.35. The molecule has 170 valence electrons. The fourth-order valence-corrected chi connectivity index (χ4v) is 4.65. The third kappa shape index (κ3) is 3.92. The average Bonchev–Trinajstić information content (AvgIpc) is 3.50. The molecule has 0 spiro atoms. The van der Waals surface area contributed by atoms with Gasteiger partial charge < -0.3 is 14.9 Å². The molecule has 0 bridgehead atoms. The van der Waals surface area contributed by atoms with E-state index in [1.165, 1.54) is 12.1 Å². The van der Waals surface area contributed by atoms with Crippen molar-refractivity contribution >= 4 is 34.0 Å². The molecule has 0 aliphatic heterocycles. The molecule has 0 saturated carbocycles. The van der Waals surface area contributed by atoms with Gasteiger partial charge in [-0.25, -0.2) is 9.37 Å². The molecule has 2 N–H and O–H groups in total. The molecule has 34 heavy (non-hydrogen) atoms. The number of carbonyl (C=O) groups is 1. The number of nitrogens with one attached hydrogen (secondary N) is 2. The van der Waals surface area contributed by atoms with Crippen molar-refractivity contribution in [2.24, 2.45) is 7.05 Å². The summed E-state index contributed by atoms with van der Waals surface area (Å²) < 4.78 is 14.8. The van der Waals surface area contributed by atoms with E-state index in [2.05, 4.69) is 15.3 Å². The number of H-pyrrole nitrogens is 1. The number of pyridine rings is 2. The summed E-state index contributed by atoms with van der Waals surface area (Å²) in [5.41, 5.74) is 4.70. The zero-order valence-electron chi connectivity index (χ0n) is 18.5. The molecule has 5 aromatic rings. The Hall–Kier alpha value is -4.04. The summed E-state index contributed by atoms with van der Waals surface area (Å²) in [6.45, 7) is 1.76. The Morgan fingerprint density at radius 1 is 1.15 bits per heavy atom. The van der Waals surface area contributed by atoms with Crippen LogP contribution < -0.4 is 10.9 Å². The van der Waals surface area contributed by atoms with Crippen LogP contribution in [0.25, 0.3) is 33.3 Å². The number of fused-ring (bicyclic) bond motifs is 1. The first-order chi connectivity index (χ1) is 16.4. The van der Waals surface area contributed by atoms with Crippen LogP contribution in [0.15, 0.2) is 76.5 Å². The largest absolute Gasteiger partial charge is 0.354 e. The number of rotatable bonds is 5. The number of amides is 1. The molecular formula is C26H21FN4O2S. The number of anilines is 1. The smallest absolute Gasteiger partial charge is 0.260 e. The molecule has 1 aromatic carbocycles. The van der Waals surface area contributed by atoms with Crippen molar-refractivity contribution < 1.29 is 9.18 Å². The van der Waals surface area contributed by atoms with Crippen LogP contribution in [0.2, 0.25) is 0 Å². The molecule has 8 heteroatoms. The van der Waals surface area contributed by atoms with Crippen LogP contribution >= 0.6 is 11.3 Å². The van der Waals surface area contributed by atoms with Crippen LogP contribution in [0, 0.1) is 5.82 Å². The number of halogens is 1. The average molecular weight is 473 g/mol. The summed E-state index contributed by atoms with van der Waals surface area (Å²) in [4.78, 5) is 33.5. The molecule has 4 heterocycles. The van der Waals surface area contributed by atoms with Crippen LogP contribution in [-0.4, -0.2) is 20.4 Å². The van der Waals surface area contributed by atoms with Crippen LogP contribution in [0.3, 0.4) is 0 Å². The second-order valence-electron chi connectivity index (χ2n) is 8.10. The Kier molecular flexibility index (Phi) is 5.59. The molecule has 0 radical (unpaired) electrons. The second kappa shape index (κ2) is 8.72. The highest BCUT2D eigenvalue weighted by atomic mass is 32.1. The first kappa shape index (κ1) is 21.8. The Morgan fingerprint density at radius 3 is 2.68 bits per heavy atom. The SMILES string of the molecule is CC(C(=O)Nc1cc(-c2[nH]c3ccn(C)c(=O)c3c2-c2ccsc2)ccn1)c1ccc(F)cc1. The van der Waals surface area contributed by atoms with Gasteiger partial charge in [0.05, 0.1) is 22.5 Å². The van der Waals surface area contributed by atoms with Crippen LogP contribution in [0.5, 0.6) is 0 Å². The van der Waals surface area contributed by atoms with E-state index >= 15 is 0 Å². The van der Waals surface area contributed by atoms with E-state index in [0.29, 0.717) is 16.8 Å². The first-order valence-electron chi connectivity index (χ1n) is 10.7. The number of hydrogen-bond donors (Lipinski definition) is 2. The van der Waals surface area contributed by atoms with E-state index < -0.39 is 5.92 Å². The van der Waals surface area contributed by atoms with Gasteiger partial charge >= 0.3 is 0 Å². The lowest BCUT2D eigenvalue weighted by Crippen LogP contribution is -2.19. The maximum Gasteiger partial charge on any atom is 0.260 e. The summed E-state index contributed by atoms with van der Waals surface area (Å²) in [6, 6.07) is 13.4. The van der Waals surface area contributed by atoms with Gasteiger partial charge in [0.15, 0.2) is 0 Å². The molecule has 6 nitrogen and oxygen atoms in total. The fourth-order valence-electron chi connectivity index (χ4n) is 4.00. The lowest BCUT2D eigenvalue weighted by Gasteiger charge is -2.13. The van der Waals surface area contributed by atoms with E-state index in [1.54, 1.807) is 60.5 Å². The predicted molar refractivity (Wildman–Crippen MR) is 134 cm³/mol. The lowest BCUT2D eigenvalue weighted by atomic mass is 10.00. The van der Waals surface area contributed by atoms with Crippen molar-refractivity contribution in [1.82, 2.24) is 14.5 Å². The van der Waals surface area contributed by atoms with Gasteiger partial charge in [0.2, 0.25) is 5.91 Å². The number of benzene rings is 1. The summed E-state index contributed by atoms with van der Waals surface area (Å²) in [5, 5.41) is 7.45. The van der Waals surface area contributed by atoms with Gasteiger partial charge in [-0.05, 0) is 65.2 Å². The number of aromatic nitrogens is 3. The topological polar surface area (TPSA) is 79.8 Å². The van der Waals surface area contributed by atoms with Crippen LogP contribution in [0.4, 0.5) is 10.2 Å². The maximum atomic E-state index is 13.2. The van der Waals surface area contributed by atoms with Crippen LogP contribution in [-0.2, 0) is 11.8 Å². The van der Waals surface area contributed by atoms with E-state index in [0.717, 1.165) is 27.9 Å². The van der Waals surface area contributed by atoms with Crippen molar-refractivity contribution in [2.75, 3.05) is 5.32 Å². The number of carbonyl (C=O) groups excluding carboxylic acids is 1. The predicted octanol–water partition coefficient (Wildman–Crippen LogP) is 5.54. The number of aromatic amines is 1. The highest BCUT2D eigenvalue weighted by Crippen LogP contribution is 2.38. The Labute approximate surface area is 198 Å². The van der Waals surface area contributed by atoms with Gasteiger partial charge in [-0.3, -0.25) is 9.59 Å². The molecule has 1 atom stereocenters. The molecular weight excluding hydrogens is 451 g/mol. The Bertz CT molecular complexity index is 1550. The highest BCUT2D eigenvalue weighted by molar-refractivity contribution is 7.08. The number of aryl methyl sites for hydroxylation is 1. The Morgan fingerprint density at radius 2 is 1.94 bits per heavy atom. The zero-order valence-corrected chi connectivity index (χ0v) is 19.3. The van der Waals surface area contributed by atoms with Gasteiger partial charge in [-0.15, -0.1) is 0 Å². The minimum atomic E-state index is -0.483. The van der Waals surface area contributed by atoms with Crippen molar-refractivity contribution in [1.29, 1.82) is 0 Å². The quantitative estimate of drug-likeness (QED) is 0.353. The van der Waals surface area contributed by atoms with Crippen molar-refractivity contribution in [2.45, 2.75) is 12.8 Å². The molecule has 5 rings (SSSR count). The minimum absolute atomic E-state index is 0.0862. The molecule has 1 amide bonds. The van der Waals surface area contributed by atoms with E-state index in [1.807, 2.05) is 29.0 Å². The maximum absolute atomic E-state index is 13.2. The zero-order chi connectivity index (χ0) is 23.8. The van der Waals surface area contributed by atoms with Gasteiger partial charge in [-0.1, -0.05) is 12.1 Å². The standard InChI is InChI=1S/C26H21FN4O2S/c1-15(16-3-5-19(27)6-4-16)25(32)30-21-13-17(7-10-28-21)24-22(18-9-12-34-14-18)23-20(29-24)8-11-31(2)26(23)33/h3-15,29H,1-2H3,(H,28,30,32). The molecule has 4 aromatic heterocycles. The van der Waals surface area contributed by atoms with Gasteiger partial charge in [0.1, 0.15) is 11.6 Å². The Balaban J connectivity index is 1.54. The summed E-state index contributed by atoms with van der Waals surface area (Å²) in [5.74, 6) is -0.692. The van der Waals surface area contributed by atoms with E-state index in [9.17, 15) is 14.0 Å². The van der Waals surface area contributed by atoms with Crippen LogP contribution in [0.1, 0.15) is 18.4 Å². The summed E-state index contributed by atoms with van der Waals surface area (Å²) in [7, 11) is 1.73. The fraction of sp³-hybridized carbons (Fsp3) is 0.115. The van der Waals surface area contributed by atoms with Crippen molar-refractivity contribution in [3.63, 3.8) is 0 Å². The third-order valence-electron chi connectivity index (χ3n) is 5.90. The monoisotopic (exact) mass is 472 g/mol. The minimum Gasteiger partial charge on any atom is -0.354 e. The van der Waals surface area contributed by atoms with Gasteiger partial charge in [0.25, 0.3) is 5.56 Å². The number of nitrogens with zero attached hydrogens (tertiary/aromatic N) is 2. The molecule has 1 unspecified atom stereocenters. The van der Waals surface area contributed by atoms with Crippen molar-refractivity contribution in [3.05, 3.63) is 93.4 Å². The highest BCUT2D eigenvalue weighted by Gasteiger charge is 2.20. The molecule has 0 saturated heterocycles. The first-order valence-corrected chi connectivity index (χ1v) is 11.6. The summed E-state index contributed by atoms with van der Waals surface area (Å²) >= 11 is 1.56. The molecule has 0 aliphatic carbocycles.